The van der Waals surface area contributed by atoms with Gasteiger partial charge < -0.3 is 15.4 Å². The Balaban J connectivity index is 2.49. The molecule has 2 N–H and O–H groups in total. The predicted octanol–water partition coefficient (Wildman–Crippen LogP) is 3.16. The molecule has 0 saturated carbocycles. The maximum Gasteiger partial charge on any atom is 0.191 e. The van der Waals surface area contributed by atoms with Crippen LogP contribution in [0.15, 0.2) is 35.3 Å². The van der Waals surface area contributed by atoms with Gasteiger partial charge in [-0.05, 0) is 32.3 Å². The number of nitrogens with one attached hydrogen (secondary N) is 2. The van der Waals surface area contributed by atoms with Crippen LogP contribution in [-0.2, 0) is 4.74 Å². The third-order valence-corrected chi connectivity index (χ3v) is 3.54. The molecule has 1 aromatic carbocycles. The van der Waals surface area contributed by atoms with Crippen LogP contribution in [0.4, 0.5) is 0 Å². The van der Waals surface area contributed by atoms with Crippen molar-refractivity contribution in [2.45, 2.75) is 39.5 Å². The first-order chi connectivity index (χ1) is 10.8. The van der Waals surface area contributed by atoms with E-state index >= 15 is 0 Å². The van der Waals surface area contributed by atoms with Crippen LogP contribution in [0.5, 0.6) is 0 Å². The number of aliphatic imine (C=N–C) groups is 1. The lowest BCUT2D eigenvalue weighted by Gasteiger charge is -2.15. The van der Waals surface area contributed by atoms with Crippen LogP contribution in [0, 0.1) is 0 Å². The van der Waals surface area contributed by atoms with Gasteiger partial charge in [0.25, 0.3) is 0 Å². The molecule has 0 aliphatic heterocycles. The summed E-state index contributed by atoms with van der Waals surface area (Å²) in [4.78, 5) is 4.73. The summed E-state index contributed by atoms with van der Waals surface area (Å²) in [5.74, 6) is 1.37. The van der Waals surface area contributed by atoms with E-state index in [1.807, 2.05) is 6.92 Å². The van der Waals surface area contributed by atoms with Gasteiger partial charge in [-0.1, -0.05) is 37.3 Å². The number of ether oxygens (including phenoxy) is 1. The Labute approximate surface area is 135 Å². The van der Waals surface area contributed by atoms with Gasteiger partial charge in [-0.15, -0.1) is 0 Å². The largest absolute Gasteiger partial charge is 0.382 e. The standard InChI is InChI=1S/C18H31N3O/c1-4-16(17-11-8-7-9-12-17)15-21-18(19-5-2)20-13-10-14-22-6-3/h7-9,11-12,16H,4-6,10,13-15H2,1-3H3,(H2,19,20,21). The number of hydrogen-bond donors (Lipinski definition) is 2. The highest BCUT2D eigenvalue weighted by molar-refractivity contribution is 5.79. The van der Waals surface area contributed by atoms with Gasteiger partial charge in [0.1, 0.15) is 0 Å². The zero-order valence-corrected chi connectivity index (χ0v) is 14.3. The Hall–Kier alpha value is -1.55. The number of benzene rings is 1. The molecule has 0 fully saturated rings. The fourth-order valence-corrected chi connectivity index (χ4v) is 2.26. The second-order valence-corrected chi connectivity index (χ2v) is 5.21. The molecule has 4 nitrogen and oxygen atoms in total. The number of rotatable bonds is 10. The van der Waals surface area contributed by atoms with Crippen LogP contribution in [0.25, 0.3) is 0 Å². The van der Waals surface area contributed by atoms with Gasteiger partial charge in [-0.25, -0.2) is 0 Å². The summed E-state index contributed by atoms with van der Waals surface area (Å²) in [6.07, 6.45) is 2.09. The summed E-state index contributed by atoms with van der Waals surface area (Å²) in [6, 6.07) is 10.6. The third-order valence-electron chi connectivity index (χ3n) is 3.54. The molecular weight excluding hydrogens is 274 g/mol. The molecule has 124 valence electrons. The maximum absolute atomic E-state index is 5.35. The smallest absolute Gasteiger partial charge is 0.191 e. The molecule has 0 bridgehead atoms. The molecule has 1 atom stereocenters. The van der Waals surface area contributed by atoms with Crippen LogP contribution in [-0.4, -0.2) is 38.8 Å². The number of guanidine groups is 1. The monoisotopic (exact) mass is 305 g/mol. The zero-order chi connectivity index (χ0) is 16.0. The zero-order valence-electron chi connectivity index (χ0n) is 14.3. The van der Waals surface area contributed by atoms with E-state index in [9.17, 15) is 0 Å². The van der Waals surface area contributed by atoms with E-state index in [4.69, 9.17) is 9.73 Å². The van der Waals surface area contributed by atoms with Crippen LogP contribution in [0.3, 0.4) is 0 Å². The van der Waals surface area contributed by atoms with Crippen LogP contribution >= 0.6 is 0 Å². The van der Waals surface area contributed by atoms with E-state index in [0.29, 0.717) is 5.92 Å². The Bertz CT molecular complexity index is 406. The van der Waals surface area contributed by atoms with Crippen LogP contribution < -0.4 is 10.6 Å². The van der Waals surface area contributed by atoms with Gasteiger partial charge in [-0.3, -0.25) is 4.99 Å². The minimum absolute atomic E-state index is 0.472. The topological polar surface area (TPSA) is 45.7 Å². The molecule has 0 spiro atoms. The van der Waals surface area contributed by atoms with Gasteiger partial charge >= 0.3 is 0 Å². The van der Waals surface area contributed by atoms with Crippen molar-refractivity contribution in [2.75, 3.05) is 32.8 Å². The molecule has 1 aromatic rings. The quantitative estimate of drug-likeness (QED) is 0.396. The van der Waals surface area contributed by atoms with Crippen LogP contribution in [0.2, 0.25) is 0 Å². The average molecular weight is 305 g/mol. The molecule has 4 heteroatoms. The van der Waals surface area contributed by atoms with Crippen molar-refractivity contribution in [2.24, 2.45) is 4.99 Å². The molecule has 1 rings (SSSR count). The molecule has 0 radical (unpaired) electrons. The molecular formula is C18H31N3O. The van der Waals surface area contributed by atoms with Crippen molar-refractivity contribution >= 4 is 5.96 Å². The Morgan fingerprint density at radius 1 is 1.14 bits per heavy atom. The van der Waals surface area contributed by atoms with E-state index in [1.54, 1.807) is 0 Å². The molecule has 0 aromatic heterocycles. The number of nitrogens with zero attached hydrogens (tertiary/aromatic N) is 1. The summed E-state index contributed by atoms with van der Waals surface area (Å²) < 4.78 is 5.35. The second kappa shape index (κ2) is 12.0. The van der Waals surface area contributed by atoms with E-state index < -0.39 is 0 Å². The minimum Gasteiger partial charge on any atom is -0.382 e. The molecule has 0 aliphatic carbocycles. The molecule has 0 heterocycles. The van der Waals surface area contributed by atoms with Crippen molar-refractivity contribution in [1.82, 2.24) is 10.6 Å². The fraction of sp³-hybridized carbons (Fsp3) is 0.611. The molecule has 0 aliphatic rings. The molecule has 22 heavy (non-hydrogen) atoms. The van der Waals surface area contributed by atoms with Gasteiger partial charge in [0.15, 0.2) is 5.96 Å². The van der Waals surface area contributed by atoms with E-state index in [-0.39, 0.29) is 0 Å². The predicted molar refractivity (Wildman–Crippen MR) is 94.6 cm³/mol. The van der Waals surface area contributed by atoms with Gasteiger partial charge in [-0.2, -0.15) is 0 Å². The van der Waals surface area contributed by atoms with Gasteiger partial charge in [0.2, 0.25) is 0 Å². The molecule has 1 unspecified atom stereocenters. The highest BCUT2D eigenvalue weighted by atomic mass is 16.5. The first-order valence-corrected chi connectivity index (χ1v) is 8.46. The van der Waals surface area contributed by atoms with Gasteiger partial charge in [0, 0.05) is 38.8 Å². The lowest BCUT2D eigenvalue weighted by Crippen LogP contribution is -2.38. The van der Waals surface area contributed by atoms with E-state index in [1.165, 1.54) is 5.56 Å². The van der Waals surface area contributed by atoms with E-state index in [0.717, 1.165) is 51.6 Å². The van der Waals surface area contributed by atoms with Crippen molar-refractivity contribution in [3.63, 3.8) is 0 Å². The first kappa shape index (κ1) is 18.5. The average Bonchev–Trinajstić information content (AvgIpc) is 2.56. The number of hydrogen-bond acceptors (Lipinski definition) is 2. The Kier molecular flexibility index (Phi) is 10.1. The van der Waals surface area contributed by atoms with Crippen molar-refractivity contribution in [3.05, 3.63) is 35.9 Å². The summed E-state index contributed by atoms with van der Waals surface area (Å²) >= 11 is 0. The Morgan fingerprint density at radius 3 is 2.55 bits per heavy atom. The molecule has 0 saturated heterocycles. The first-order valence-electron chi connectivity index (χ1n) is 8.46. The maximum atomic E-state index is 5.35. The summed E-state index contributed by atoms with van der Waals surface area (Å²) in [5.41, 5.74) is 1.36. The van der Waals surface area contributed by atoms with Gasteiger partial charge in [0.05, 0.1) is 0 Å². The van der Waals surface area contributed by atoms with Crippen molar-refractivity contribution < 1.29 is 4.74 Å². The van der Waals surface area contributed by atoms with Crippen LogP contribution in [0.1, 0.15) is 45.1 Å². The second-order valence-electron chi connectivity index (χ2n) is 5.21. The fourth-order valence-electron chi connectivity index (χ4n) is 2.26. The highest BCUT2D eigenvalue weighted by Gasteiger charge is 2.08. The highest BCUT2D eigenvalue weighted by Crippen LogP contribution is 2.19. The lowest BCUT2D eigenvalue weighted by molar-refractivity contribution is 0.145. The SMILES string of the molecule is CCNC(=NCC(CC)c1ccccc1)NCCCOCC. The molecule has 0 amide bonds. The van der Waals surface area contributed by atoms with E-state index in [2.05, 4.69) is 54.8 Å². The lowest BCUT2D eigenvalue weighted by atomic mass is 9.97. The Morgan fingerprint density at radius 2 is 1.91 bits per heavy atom. The summed E-state index contributed by atoms with van der Waals surface area (Å²) in [7, 11) is 0. The van der Waals surface area contributed by atoms with Crippen molar-refractivity contribution in [3.8, 4) is 0 Å². The van der Waals surface area contributed by atoms with Crippen molar-refractivity contribution in [1.29, 1.82) is 0 Å². The summed E-state index contributed by atoms with van der Waals surface area (Å²) in [5, 5.41) is 6.67. The normalized spacial score (nSPS) is 13.0. The summed E-state index contributed by atoms with van der Waals surface area (Å²) in [6.45, 7) is 10.5. The third kappa shape index (κ3) is 7.46. The minimum atomic E-state index is 0.472.